The molecular weight excluding hydrogens is 405 g/mol. The first-order valence-electron chi connectivity index (χ1n) is 7.93. The zero-order chi connectivity index (χ0) is 20.9. The second-order valence-corrected chi connectivity index (χ2v) is 6.59. The van der Waals surface area contributed by atoms with Gasteiger partial charge in [0.05, 0.1) is 16.8 Å². The molecule has 1 aliphatic heterocycles. The maximum atomic E-state index is 13.4. The number of nitrogens with zero attached hydrogens (tertiary/aromatic N) is 2. The minimum Gasteiger partial charge on any atom is -0.435 e. The molecule has 0 bridgehead atoms. The van der Waals surface area contributed by atoms with E-state index in [1.165, 1.54) is 11.8 Å². The summed E-state index contributed by atoms with van der Waals surface area (Å²) < 4.78 is 69.0. The Labute approximate surface area is 161 Å². The van der Waals surface area contributed by atoms with Gasteiger partial charge in [-0.25, -0.2) is 4.98 Å². The summed E-state index contributed by atoms with van der Waals surface area (Å²) in [6, 6.07) is 3.30. The molecule has 11 heteroatoms. The third-order valence-corrected chi connectivity index (χ3v) is 4.55. The molecule has 0 saturated heterocycles. The fourth-order valence-electron chi connectivity index (χ4n) is 2.45. The van der Waals surface area contributed by atoms with Gasteiger partial charge in [0.1, 0.15) is 10.8 Å². The number of rotatable bonds is 4. The number of hydrogen-bond acceptors (Lipinski definition) is 5. The van der Waals surface area contributed by atoms with Crippen LogP contribution in [0.3, 0.4) is 0 Å². The van der Waals surface area contributed by atoms with Crippen molar-refractivity contribution in [2.24, 2.45) is 4.99 Å². The van der Waals surface area contributed by atoms with Crippen LogP contribution in [0.2, 0.25) is 0 Å². The highest BCUT2D eigenvalue weighted by Crippen LogP contribution is 2.38. The lowest BCUT2D eigenvalue weighted by molar-refractivity contribution is -0.136. The predicted molar refractivity (Wildman–Crippen MR) is 97.1 cm³/mol. The van der Waals surface area contributed by atoms with Crippen LogP contribution in [0.25, 0.3) is 10.9 Å². The summed E-state index contributed by atoms with van der Waals surface area (Å²) >= 11 is 1.42. The van der Waals surface area contributed by atoms with Crippen LogP contribution in [0.15, 0.2) is 23.2 Å². The van der Waals surface area contributed by atoms with Gasteiger partial charge in [-0.3, -0.25) is 9.79 Å². The number of carbonyl (C=O) groups is 1. The number of carbonyl (C=O) groups excluding carboxylic acids is 1. The van der Waals surface area contributed by atoms with E-state index >= 15 is 0 Å². The molecular formula is C17H16F5N3O2S. The van der Waals surface area contributed by atoms with Gasteiger partial charge >= 0.3 is 12.8 Å². The van der Waals surface area contributed by atoms with E-state index in [1.807, 2.05) is 0 Å². The maximum absolute atomic E-state index is 13.4. The average Bonchev–Trinajstić information content (AvgIpc) is 3.15. The van der Waals surface area contributed by atoms with Crippen LogP contribution in [-0.2, 0) is 11.0 Å². The molecule has 1 amide bonds. The van der Waals surface area contributed by atoms with E-state index in [0.29, 0.717) is 35.3 Å². The number of benzene rings is 1. The molecule has 1 aromatic heterocycles. The summed E-state index contributed by atoms with van der Waals surface area (Å²) in [7, 11) is 1.56. The van der Waals surface area contributed by atoms with Gasteiger partial charge in [-0.1, -0.05) is 0 Å². The number of halogens is 5. The Morgan fingerprint density at radius 3 is 2.46 bits per heavy atom. The van der Waals surface area contributed by atoms with Crippen LogP contribution < -0.4 is 10.1 Å². The van der Waals surface area contributed by atoms with Crippen molar-refractivity contribution >= 4 is 34.1 Å². The lowest BCUT2D eigenvalue weighted by atomic mass is 10.0. The molecule has 1 aliphatic rings. The quantitative estimate of drug-likeness (QED) is 0.598. The minimum atomic E-state index is -4.75. The van der Waals surface area contributed by atoms with Crippen LogP contribution >= 0.6 is 11.8 Å². The molecule has 2 heterocycles. The fraction of sp³-hybridized carbons (Fsp3) is 0.353. The van der Waals surface area contributed by atoms with Crippen LogP contribution in [0, 0.1) is 6.92 Å². The van der Waals surface area contributed by atoms with E-state index in [2.05, 4.69) is 20.0 Å². The number of ether oxygens (including phenoxy) is 1. The smallest absolute Gasteiger partial charge is 0.418 e. The molecule has 3 rings (SSSR count). The van der Waals surface area contributed by atoms with Crippen molar-refractivity contribution in [1.82, 2.24) is 10.3 Å². The number of aliphatic imine (C=N–C) groups is 1. The largest absolute Gasteiger partial charge is 0.435 e. The normalized spacial score (nSPS) is 13.8. The van der Waals surface area contributed by atoms with Gasteiger partial charge in [0.25, 0.3) is 0 Å². The highest BCUT2D eigenvalue weighted by atomic mass is 32.2. The Morgan fingerprint density at radius 1 is 1.29 bits per heavy atom. The molecule has 0 unspecified atom stereocenters. The number of fused-ring (bicyclic) bond motifs is 1. The topological polar surface area (TPSA) is 63.6 Å². The summed E-state index contributed by atoms with van der Waals surface area (Å²) in [5.74, 6) is 0.205. The molecule has 0 saturated carbocycles. The van der Waals surface area contributed by atoms with E-state index in [1.54, 1.807) is 20.0 Å². The monoisotopic (exact) mass is 421 g/mol. The van der Waals surface area contributed by atoms with Gasteiger partial charge < -0.3 is 10.1 Å². The predicted octanol–water partition coefficient (Wildman–Crippen LogP) is 4.02. The van der Waals surface area contributed by atoms with Gasteiger partial charge in [0.2, 0.25) is 6.41 Å². The van der Waals surface area contributed by atoms with Gasteiger partial charge in [-0.05, 0) is 30.7 Å². The highest BCUT2D eigenvalue weighted by molar-refractivity contribution is 8.14. The summed E-state index contributed by atoms with van der Waals surface area (Å²) in [5, 5.41) is 2.95. The van der Waals surface area contributed by atoms with E-state index < -0.39 is 24.1 Å². The van der Waals surface area contributed by atoms with Crippen LogP contribution in [-0.4, -0.2) is 42.4 Å². The maximum Gasteiger partial charge on any atom is 0.418 e. The molecule has 0 atom stereocenters. The first-order valence-corrected chi connectivity index (χ1v) is 8.92. The second kappa shape index (κ2) is 9.18. The van der Waals surface area contributed by atoms with Crippen molar-refractivity contribution in [3.8, 4) is 5.75 Å². The van der Waals surface area contributed by atoms with Crippen molar-refractivity contribution in [1.29, 1.82) is 0 Å². The third-order valence-electron chi connectivity index (χ3n) is 3.55. The summed E-state index contributed by atoms with van der Waals surface area (Å²) in [6.45, 7) is -1.02. The van der Waals surface area contributed by atoms with Gasteiger partial charge in [0.15, 0.2) is 0 Å². The third kappa shape index (κ3) is 5.31. The average molecular weight is 421 g/mol. The van der Waals surface area contributed by atoms with E-state index in [4.69, 9.17) is 4.79 Å². The highest BCUT2D eigenvalue weighted by Gasteiger charge is 2.35. The number of aryl methyl sites for hydroxylation is 1. The summed E-state index contributed by atoms with van der Waals surface area (Å²) in [5.41, 5.74) is -0.565. The SMILES string of the molecule is CNC=O.Cc1cc(C2=NCCS2)nc2c(C(F)(F)F)cc(OC(F)F)cc12. The number of thioether (sulfide) groups is 1. The number of hydrogen-bond donors (Lipinski definition) is 1. The molecule has 152 valence electrons. The molecule has 28 heavy (non-hydrogen) atoms. The lowest BCUT2D eigenvalue weighted by Gasteiger charge is -2.15. The number of pyridine rings is 1. The molecule has 5 nitrogen and oxygen atoms in total. The van der Waals surface area contributed by atoms with E-state index in [9.17, 15) is 22.0 Å². The molecule has 0 aliphatic carbocycles. The molecule has 0 fully saturated rings. The summed E-state index contributed by atoms with van der Waals surface area (Å²) in [4.78, 5) is 17.4. The zero-order valence-corrected chi connectivity index (χ0v) is 15.6. The Kier molecular flexibility index (Phi) is 7.17. The Hall–Kier alpha value is -2.43. The van der Waals surface area contributed by atoms with Gasteiger partial charge in [0, 0.05) is 24.7 Å². The van der Waals surface area contributed by atoms with Crippen molar-refractivity contribution in [2.75, 3.05) is 19.3 Å². The number of amides is 1. The molecule has 2 aromatic rings. The van der Waals surface area contributed by atoms with E-state index in [0.717, 1.165) is 11.8 Å². The lowest BCUT2D eigenvalue weighted by Crippen LogP contribution is -2.11. The molecule has 1 aromatic carbocycles. The van der Waals surface area contributed by atoms with Crippen LogP contribution in [0.1, 0.15) is 16.8 Å². The number of alkyl halides is 5. The van der Waals surface area contributed by atoms with Crippen molar-refractivity contribution in [3.05, 3.63) is 35.0 Å². The number of aromatic nitrogens is 1. The zero-order valence-electron chi connectivity index (χ0n) is 14.8. The van der Waals surface area contributed by atoms with Crippen molar-refractivity contribution in [3.63, 3.8) is 0 Å². The van der Waals surface area contributed by atoms with Gasteiger partial charge in [-0.15, -0.1) is 11.8 Å². The first kappa shape index (κ1) is 21.9. The fourth-order valence-corrected chi connectivity index (χ4v) is 3.26. The van der Waals surface area contributed by atoms with Gasteiger partial charge in [-0.2, -0.15) is 22.0 Å². The van der Waals surface area contributed by atoms with Crippen LogP contribution in [0.5, 0.6) is 5.75 Å². The van der Waals surface area contributed by atoms with Crippen molar-refractivity contribution < 1.29 is 31.5 Å². The molecule has 1 N–H and O–H groups in total. The molecule has 0 spiro atoms. The van der Waals surface area contributed by atoms with E-state index in [-0.39, 0.29) is 10.9 Å². The second-order valence-electron chi connectivity index (χ2n) is 5.51. The van der Waals surface area contributed by atoms with Crippen LogP contribution in [0.4, 0.5) is 22.0 Å². The Balaban J connectivity index is 0.000000640. The Bertz CT molecular complexity index is 887. The Morgan fingerprint density at radius 2 is 1.96 bits per heavy atom. The molecule has 0 radical (unpaired) electrons. The minimum absolute atomic E-state index is 0.118. The number of nitrogens with one attached hydrogen (secondary N) is 1. The summed E-state index contributed by atoms with van der Waals surface area (Å²) in [6.07, 6.45) is -4.12. The standard InChI is InChI=1S/C15H11F5N2OS.C2H5NO/c1-7-4-11(13-21-2-3-24-13)22-12-9(7)5-8(23-14(16)17)6-10(12)15(18,19)20;1-3-2-4/h4-6,14H,2-3H2,1H3;2H,1H3,(H,3,4). The first-order chi connectivity index (χ1) is 13.2. The van der Waals surface area contributed by atoms with Crippen molar-refractivity contribution in [2.45, 2.75) is 19.7 Å².